The number of hydrogen-bond acceptors (Lipinski definition) is 6. The quantitative estimate of drug-likeness (QED) is 0.194. The molecule has 2 heterocycles. The number of hydrogen-bond donors (Lipinski definition) is 6. The Labute approximate surface area is 229 Å². The largest absolute Gasteiger partial charge is 0.480 e. The number of carbonyl (C=O) groups is 4. The summed E-state index contributed by atoms with van der Waals surface area (Å²) in [6.45, 7) is 4.71. The first-order chi connectivity index (χ1) is 18.7. The van der Waals surface area contributed by atoms with E-state index in [0.717, 1.165) is 22.9 Å². The smallest absolute Gasteiger partial charge is 0.326 e. The highest BCUT2D eigenvalue weighted by Crippen LogP contribution is 2.22. The zero-order valence-corrected chi connectivity index (χ0v) is 22.8. The van der Waals surface area contributed by atoms with E-state index in [1.54, 1.807) is 6.20 Å². The van der Waals surface area contributed by atoms with Gasteiger partial charge in [0, 0.05) is 30.1 Å². The van der Waals surface area contributed by atoms with Crippen molar-refractivity contribution in [3.63, 3.8) is 0 Å². The van der Waals surface area contributed by atoms with Crippen LogP contribution in [0.4, 0.5) is 0 Å². The lowest BCUT2D eigenvalue weighted by Crippen LogP contribution is -2.57. The first-order valence-corrected chi connectivity index (χ1v) is 13.8. The molecule has 214 valence electrons. The molecule has 39 heavy (non-hydrogen) atoms. The molecule has 11 heteroatoms. The molecule has 0 spiro atoms. The zero-order chi connectivity index (χ0) is 28.5. The predicted molar refractivity (Wildman–Crippen MR) is 149 cm³/mol. The molecule has 0 radical (unpaired) electrons. The molecule has 0 saturated carbocycles. The second-order valence-corrected chi connectivity index (χ2v) is 10.4. The topological polar surface area (TPSA) is 184 Å². The lowest BCUT2D eigenvalue weighted by molar-refractivity contribution is -0.143. The maximum Gasteiger partial charge on any atom is 0.326 e. The van der Waals surface area contributed by atoms with E-state index in [0.29, 0.717) is 38.8 Å². The number of aliphatic carboxylic acids is 1. The number of H-pyrrole nitrogens is 1. The number of carboxylic acids is 1. The van der Waals surface area contributed by atoms with E-state index in [1.165, 1.54) is 4.90 Å². The number of rotatable bonds is 14. The molecule has 1 aliphatic rings. The number of benzene rings is 1. The molecule has 8 N–H and O–H groups in total. The normalized spacial score (nSPS) is 18.4. The van der Waals surface area contributed by atoms with Crippen molar-refractivity contribution < 1.29 is 24.3 Å². The number of carboxylic acid groups (broad SMARTS) is 1. The maximum absolute atomic E-state index is 13.5. The fourth-order valence-electron chi connectivity index (χ4n) is 5.01. The highest BCUT2D eigenvalue weighted by atomic mass is 16.4. The van der Waals surface area contributed by atoms with Gasteiger partial charge in [-0.05, 0) is 56.2 Å². The molecular weight excluding hydrogens is 500 g/mol. The highest BCUT2D eigenvalue weighted by molar-refractivity contribution is 5.95. The number of nitrogens with two attached hydrogens (primary N) is 2. The number of aromatic amines is 1. The van der Waals surface area contributed by atoms with Gasteiger partial charge in [0.2, 0.25) is 17.7 Å². The Morgan fingerprint density at radius 3 is 2.59 bits per heavy atom. The Morgan fingerprint density at radius 1 is 1.15 bits per heavy atom. The number of unbranched alkanes of at least 4 members (excludes halogenated alkanes) is 1. The van der Waals surface area contributed by atoms with Crippen LogP contribution in [-0.4, -0.2) is 75.9 Å². The number of nitrogens with one attached hydrogen (secondary N) is 3. The average Bonchev–Trinajstić information content (AvgIpc) is 3.58. The molecule has 1 saturated heterocycles. The van der Waals surface area contributed by atoms with Gasteiger partial charge in [-0.2, -0.15) is 0 Å². The van der Waals surface area contributed by atoms with Crippen LogP contribution in [0.5, 0.6) is 0 Å². The third-order valence-electron chi connectivity index (χ3n) is 7.67. The Hall–Kier alpha value is -3.44. The SMILES string of the molecule is CCC(C)C(N)C(=O)N1CCCC1C(=O)NC(Cc1c[nH]c2ccccc12)C(=O)NC(CCCCN)C(=O)O. The van der Waals surface area contributed by atoms with Crippen molar-refractivity contribution >= 4 is 34.6 Å². The van der Waals surface area contributed by atoms with E-state index >= 15 is 0 Å². The predicted octanol–water partition coefficient (Wildman–Crippen LogP) is 1.26. The van der Waals surface area contributed by atoms with Gasteiger partial charge in [0.15, 0.2) is 0 Å². The van der Waals surface area contributed by atoms with Crippen LogP contribution in [0.3, 0.4) is 0 Å². The van der Waals surface area contributed by atoms with E-state index in [4.69, 9.17) is 11.5 Å². The van der Waals surface area contributed by atoms with Gasteiger partial charge in [-0.3, -0.25) is 14.4 Å². The minimum Gasteiger partial charge on any atom is -0.480 e. The Balaban J connectivity index is 1.81. The van der Waals surface area contributed by atoms with Gasteiger partial charge in [-0.15, -0.1) is 0 Å². The summed E-state index contributed by atoms with van der Waals surface area (Å²) < 4.78 is 0. The number of nitrogens with zero attached hydrogens (tertiary/aromatic N) is 1. The standard InChI is InChI=1S/C28H42N6O5/c1-3-17(2)24(30)27(37)34-14-8-12-23(34)26(36)33-22(15-18-16-31-20-10-5-4-9-19(18)20)25(35)32-21(28(38)39)11-6-7-13-29/h4-5,9-10,16-17,21-24,31H,3,6-8,11-15,29-30H2,1-2H3,(H,32,35)(H,33,36)(H,38,39). The number of amides is 3. The molecule has 3 rings (SSSR count). The molecule has 1 aliphatic heterocycles. The molecule has 2 aromatic rings. The molecule has 1 aromatic heterocycles. The number of aromatic nitrogens is 1. The van der Waals surface area contributed by atoms with Crippen LogP contribution < -0.4 is 22.1 Å². The van der Waals surface area contributed by atoms with Crippen molar-refractivity contribution in [2.75, 3.05) is 13.1 Å². The van der Waals surface area contributed by atoms with Gasteiger partial charge in [-0.1, -0.05) is 38.5 Å². The summed E-state index contributed by atoms with van der Waals surface area (Å²) in [5.41, 5.74) is 13.4. The lowest BCUT2D eigenvalue weighted by Gasteiger charge is -2.30. The summed E-state index contributed by atoms with van der Waals surface area (Å²) in [4.78, 5) is 56.5. The fraction of sp³-hybridized carbons (Fsp3) is 0.571. The number of para-hydroxylation sites is 1. The minimum atomic E-state index is -1.15. The van der Waals surface area contributed by atoms with E-state index in [1.807, 2.05) is 38.1 Å². The summed E-state index contributed by atoms with van der Waals surface area (Å²) in [7, 11) is 0. The van der Waals surface area contributed by atoms with E-state index in [9.17, 15) is 24.3 Å². The lowest BCUT2D eigenvalue weighted by atomic mass is 9.98. The maximum atomic E-state index is 13.5. The first-order valence-electron chi connectivity index (χ1n) is 13.8. The van der Waals surface area contributed by atoms with Crippen LogP contribution in [0.1, 0.15) is 57.9 Å². The van der Waals surface area contributed by atoms with Crippen LogP contribution in [0.15, 0.2) is 30.5 Å². The Kier molecular flexibility index (Phi) is 10.9. The van der Waals surface area contributed by atoms with Crippen molar-refractivity contribution in [3.8, 4) is 0 Å². The number of fused-ring (bicyclic) bond motifs is 1. The molecule has 11 nitrogen and oxygen atoms in total. The van der Waals surface area contributed by atoms with Crippen LogP contribution in [-0.2, 0) is 25.6 Å². The summed E-state index contributed by atoms with van der Waals surface area (Å²) in [6, 6.07) is 3.99. The summed E-state index contributed by atoms with van der Waals surface area (Å²) in [6.07, 6.45) is 5.18. The van der Waals surface area contributed by atoms with Gasteiger partial charge in [-0.25, -0.2) is 4.79 Å². The van der Waals surface area contributed by atoms with Gasteiger partial charge in [0.25, 0.3) is 0 Å². The first kappa shape index (κ1) is 30.1. The van der Waals surface area contributed by atoms with Gasteiger partial charge in [0.1, 0.15) is 18.1 Å². The van der Waals surface area contributed by atoms with E-state index in [-0.39, 0.29) is 24.7 Å². The highest BCUT2D eigenvalue weighted by Gasteiger charge is 2.39. The van der Waals surface area contributed by atoms with E-state index in [2.05, 4.69) is 15.6 Å². The number of carbonyl (C=O) groups excluding carboxylic acids is 3. The molecule has 3 amide bonds. The van der Waals surface area contributed by atoms with Crippen molar-refractivity contribution in [1.82, 2.24) is 20.5 Å². The number of likely N-dealkylation sites (tertiary alicyclic amines) is 1. The fourth-order valence-corrected chi connectivity index (χ4v) is 5.01. The summed E-state index contributed by atoms with van der Waals surface area (Å²) in [5, 5.41) is 16.0. The second kappa shape index (κ2) is 14.1. The van der Waals surface area contributed by atoms with Crippen LogP contribution in [0, 0.1) is 5.92 Å². The van der Waals surface area contributed by atoms with Gasteiger partial charge < -0.3 is 37.1 Å². The Morgan fingerprint density at radius 2 is 1.90 bits per heavy atom. The Bertz CT molecular complexity index is 1150. The van der Waals surface area contributed by atoms with Crippen LogP contribution >= 0.6 is 0 Å². The molecule has 1 fully saturated rings. The molecule has 1 aromatic carbocycles. The minimum absolute atomic E-state index is 0.0329. The van der Waals surface area contributed by atoms with Crippen molar-refractivity contribution in [2.45, 2.75) is 83.0 Å². The third-order valence-corrected chi connectivity index (χ3v) is 7.67. The second-order valence-electron chi connectivity index (χ2n) is 10.4. The van der Waals surface area contributed by atoms with E-state index < -0.39 is 42.0 Å². The van der Waals surface area contributed by atoms with Crippen molar-refractivity contribution in [3.05, 3.63) is 36.0 Å². The molecule has 5 unspecified atom stereocenters. The summed E-state index contributed by atoms with van der Waals surface area (Å²) >= 11 is 0. The van der Waals surface area contributed by atoms with Gasteiger partial charge >= 0.3 is 5.97 Å². The monoisotopic (exact) mass is 542 g/mol. The van der Waals surface area contributed by atoms with Crippen molar-refractivity contribution in [2.24, 2.45) is 17.4 Å². The average molecular weight is 543 g/mol. The molecular formula is C28H42N6O5. The molecule has 5 atom stereocenters. The van der Waals surface area contributed by atoms with Crippen molar-refractivity contribution in [1.29, 1.82) is 0 Å². The molecule has 0 aliphatic carbocycles. The van der Waals surface area contributed by atoms with Crippen LogP contribution in [0.2, 0.25) is 0 Å². The summed E-state index contributed by atoms with van der Waals surface area (Å²) in [5.74, 6) is -2.50. The zero-order valence-electron chi connectivity index (χ0n) is 22.8. The third kappa shape index (κ3) is 7.57. The van der Waals surface area contributed by atoms with Crippen LogP contribution in [0.25, 0.3) is 10.9 Å². The molecule has 0 bridgehead atoms. The van der Waals surface area contributed by atoms with Gasteiger partial charge in [0.05, 0.1) is 6.04 Å².